The topological polar surface area (TPSA) is 88.1 Å². The number of ether oxygens (including phenoxy) is 2. The van der Waals surface area contributed by atoms with E-state index in [0.29, 0.717) is 25.0 Å². The summed E-state index contributed by atoms with van der Waals surface area (Å²) in [6, 6.07) is 6.69. The quantitative estimate of drug-likeness (QED) is 0.472. The summed E-state index contributed by atoms with van der Waals surface area (Å²) in [6.07, 6.45) is -4.56. The van der Waals surface area contributed by atoms with E-state index in [1.165, 1.54) is 18.2 Å². The van der Waals surface area contributed by atoms with Gasteiger partial charge in [-0.25, -0.2) is 4.79 Å². The summed E-state index contributed by atoms with van der Waals surface area (Å²) >= 11 is 5.79. The molecule has 2 N–H and O–H groups in total. The van der Waals surface area contributed by atoms with E-state index in [2.05, 4.69) is 10.2 Å². The van der Waals surface area contributed by atoms with Crippen LogP contribution >= 0.6 is 11.6 Å². The molecular formula is C22H24ClF3N2O5. The molecule has 0 unspecified atom stereocenters. The number of likely N-dealkylation sites (N-methyl/N-ethyl adjacent to an activating group) is 1. The highest BCUT2D eigenvalue weighted by atomic mass is 35.5. The molecule has 0 spiro atoms. The molecule has 0 atom stereocenters. The van der Waals surface area contributed by atoms with Crippen LogP contribution in [0, 0.1) is 0 Å². The molecule has 2 rings (SSSR count). The fourth-order valence-corrected chi connectivity index (χ4v) is 3.09. The van der Waals surface area contributed by atoms with Crippen molar-refractivity contribution in [2.45, 2.75) is 20.0 Å². The molecular weight excluding hydrogens is 465 g/mol. The largest absolute Gasteiger partial charge is 0.492 e. The summed E-state index contributed by atoms with van der Waals surface area (Å²) in [4.78, 5) is 26.0. The highest BCUT2D eigenvalue weighted by molar-refractivity contribution is 6.32. The van der Waals surface area contributed by atoms with Crippen molar-refractivity contribution in [1.82, 2.24) is 4.90 Å². The molecule has 0 saturated carbocycles. The van der Waals surface area contributed by atoms with Crippen LogP contribution in [0.5, 0.6) is 11.5 Å². The number of hydrogen-bond donors (Lipinski definition) is 2. The van der Waals surface area contributed by atoms with Gasteiger partial charge < -0.3 is 24.8 Å². The van der Waals surface area contributed by atoms with Gasteiger partial charge in [0.15, 0.2) is 6.61 Å². The Morgan fingerprint density at radius 2 is 1.79 bits per heavy atom. The average Bonchev–Trinajstić information content (AvgIpc) is 2.76. The zero-order chi connectivity index (χ0) is 24.6. The van der Waals surface area contributed by atoms with E-state index in [1.54, 1.807) is 0 Å². The highest BCUT2D eigenvalue weighted by Crippen LogP contribution is 2.34. The van der Waals surface area contributed by atoms with Gasteiger partial charge in [-0.15, -0.1) is 0 Å². The minimum absolute atomic E-state index is 0.0192. The van der Waals surface area contributed by atoms with Gasteiger partial charge in [-0.2, -0.15) is 13.2 Å². The number of aromatic carboxylic acids is 1. The van der Waals surface area contributed by atoms with Crippen molar-refractivity contribution >= 4 is 29.2 Å². The Hall–Kier alpha value is -2.98. The van der Waals surface area contributed by atoms with E-state index >= 15 is 0 Å². The Morgan fingerprint density at radius 1 is 1.09 bits per heavy atom. The van der Waals surface area contributed by atoms with E-state index in [-0.39, 0.29) is 22.0 Å². The van der Waals surface area contributed by atoms with E-state index in [0.717, 1.165) is 25.2 Å². The minimum atomic E-state index is -4.56. The molecule has 0 saturated heterocycles. The molecule has 0 aromatic heterocycles. The number of anilines is 1. The van der Waals surface area contributed by atoms with Crippen LogP contribution in [0.2, 0.25) is 5.02 Å². The van der Waals surface area contributed by atoms with Gasteiger partial charge in [0.1, 0.15) is 18.1 Å². The number of hydrogen-bond acceptors (Lipinski definition) is 5. The molecule has 33 heavy (non-hydrogen) atoms. The predicted octanol–water partition coefficient (Wildman–Crippen LogP) is 4.80. The Bertz CT molecular complexity index is 981. The first-order valence-corrected chi connectivity index (χ1v) is 10.4. The Morgan fingerprint density at radius 3 is 2.36 bits per heavy atom. The van der Waals surface area contributed by atoms with Crippen LogP contribution in [0.15, 0.2) is 36.4 Å². The smallest absolute Gasteiger partial charge is 0.416 e. The van der Waals surface area contributed by atoms with Crippen LogP contribution in [0.3, 0.4) is 0 Å². The second kappa shape index (κ2) is 11.8. The number of amides is 1. The second-order valence-electron chi connectivity index (χ2n) is 6.87. The highest BCUT2D eigenvalue weighted by Gasteiger charge is 2.31. The summed E-state index contributed by atoms with van der Waals surface area (Å²) < 4.78 is 48.9. The van der Waals surface area contributed by atoms with Gasteiger partial charge in [-0.1, -0.05) is 25.4 Å². The molecule has 180 valence electrons. The molecule has 0 aliphatic carbocycles. The molecule has 0 radical (unpaired) electrons. The normalized spacial score (nSPS) is 11.4. The molecule has 2 aromatic rings. The monoisotopic (exact) mass is 488 g/mol. The van der Waals surface area contributed by atoms with Crippen LogP contribution in [-0.2, 0) is 11.0 Å². The van der Waals surface area contributed by atoms with Gasteiger partial charge in [0.25, 0.3) is 5.91 Å². The van der Waals surface area contributed by atoms with Crippen molar-refractivity contribution in [2.24, 2.45) is 0 Å². The lowest BCUT2D eigenvalue weighted by Gasteiger charge is -2.18. The predicted molar refractivity (Wildman–Crippen MR) is 117 cm³/mol. The number of carboxylic acids is 1. The first-order chi connectivity index (χ1) is 15.5. The number of nitrogens with zero attached hydrogens (tertiary/aromatic N) is 1. The Balaban J connectivity index is 2.00. The molecule has 0 aliphatic heterocycles. The van der Waals surface area contributed by atoms with Gasteiger partial charge in [0.2, 0.25) is 0 Å². The van der Waals surface area contributed by atoms with Gasteiger partial charge >= 0.3 is 12.1 Å². The third-order valence-corrected chi connectivity index (χ3v) is 4.98. The number of benzene rings is 2. The molecule has 0 heterocycles. The molecule has 7 nitrogen and oxygen atoms in total. The lowest BCUT2D eigenvalue weighted by Crippen LogP contribution is -2.28. The third-order valence-electron chi connectivity index (χ3n) is 4.68. The number of rotatable bonds is 11. The van der Waals surface area contributed by atoms with Crippen molar-refractivity contribution in [3.8, 4) is 11.5 Å². The van der Waals surface area contributed by atoms with Gasteiger partial charge in [0, 0.05) is 6.54 Å². The first-order valence-electron chi connectivity index (χ1n) is 10.1. The number of carbonyl (C=O) groups excluding carboxylic acids is 1. The third kappa shape index (κ3) is 7.83. The zero-order valence-electron chi connectivity index (χ0n) is 18.0. The van der Waals surface area contributed by atoms with Crippen molar-refractivity contribution in [2.75, 3.05) is 38.2 Å². The lowest BCUT2D eigenvalue weighted by atomic mass is 10.1. The molecule has 11 heteroatoms. The van der Waals surface area contributed by atoms with Crippen molar-refractivity contribution in [3.05, 3.63) is 52.5 Å². The maximum absolute atomic E-state index is 12.7. The van der Waals surface area contributed by atoms with Crippen molar-refractivity contribution in [1.29, 1.82) is 0 Å². The van der Waals surface area contributed by atoms with Crippen molar-refractivity contribution < 1.29 is 37.3 Å². The summed E-state index contributed by atoms with van der Waals surface area (Å²) in [6.45, 7) is 6.24. The fourth-order valence-electron chi connectivity index (χ4n) is 2.86. The molecule has 1 amide bonds. The molecule has 2 aromatic carbocycles. The lowest BCUT2D eigenvalue weighted by molar-refractivity contribution is -0.137. The van der Waals surface area contributed by atoms with Crippen LogP contribution in [-0.4, -0.2) is 54.7 Å². The van der Waals surface area contributed by atoms with Crippen LogP contribution in [0.4, 0.5) is 18.9 Å². The second-order valence-corrected chi connectivity index (χ2v) is 7.27. The van der Waals surface area contributed by atoms with Crippen molar-refractivity contribution in [3.63, 3.8) is 0 Å². The first kappa shape index (κ1) is 26.3. The summed E-state index contributed by atoms with van der Waals surface area (Å²) in [5, 5.41) is 11.6. The van der Waals surface area contributed by atoms with Gasteiger partial charge in [-0.3, -0.25) is 4.79 Å². The Labute approximate surface area is 194 Å². The summed E-state index contributed by atoms with van der Waals surface area (Å²) in [5.74, 6) is -1.77. The maximum Gasteiger partial charge on any atom is 0.416 e. The summed E-state index contributed by atoms with van der Waals surface area (Å²) in [7, 11) is 0. The number of carboxylic acid groups (broad SMARTS) is 1. The fraction of sp³-hybridized carbons (Fsp3) is 0.364. The number of halogens is 4. The summed E-state index contributed by atoms with van der Waals surface area (Å²) in [5.41, 5.74) is -1.11. The van der Waals surface area contributed by atoms with E-state index < -0.39 is 30.2 Å². The van der Waals surface area contributed by atoms with Crippen LogP contribution in [0.1, 0.15) is 29.8 Å². The number of alkyl halides is 3. The molecule has 0 bridgehead atoms. The van der Waals surface area contributed by atoms with E-state index in [9.17, 15) is 27.9 Å². The van der Waals surface area contributed by atoms with E-state index in [1.807, 2.05) is 13.8 Å². The Kier molecular flexibility index (Phi) is 9.36. The molecule has 0 fully saturated rings. The standard InChI is InChI=1S/C22H24ClF3N2O5/c1-3-28(4-2)9-10-32-15-6-7-18(16(12-15)21(30)31)27-20(29)13-33-19-8-5-14(11-17(19)23)22(24,25)26/h5-8,11-12H,3-4,9-10,13H2,1-2H3,(H,27,29)(H,30,31). The minimum Gasteiger partial charge on any atom is -0.492 e. The van der Waals surface area contributed by atoms with E-state index in [4.69, 9.17) is 21.1 Å². The van der Waals surface area contributed by atoms with Gasteiger partial charge in [-0.05, 0) is 49.5 Å². The average molecular weight is 489 g/mol. The number of carbonyl (C=O) groups is 2. The van der Waals surface area contributed by atoms with Gasteiger partial charge in [0.05, 0.1) is 21.8 Å². The zero-order valence-corrected chi connectivity index (χ0v) is 18.8. The van der Waals surface area contributed by atoms with Crippen LogP contribution < -0.4 is 14.8 Å². The maximum atomic E-state index is 12.7. The SMILES string of the molecule is CCN(CC)CCOc1ccc(NC(=O)COc2ccc(C(F)(F)F)cc2Cl)c(C(=O)O)c1. The van der Waals surface area contributed by atoms with Crippen LogP contribution in [0.25, 0.3) is 0 Å². The number of nitrogens with one attached hydrogen (secondary N) is 1. The molecule has 0 aliphatic rings.